The molecule has 1 heterocycles. The third-order valence-corrected chi connectivity index (χ3v) is 3.34. The summed E-state index contributed by atoms with van der Waals surface area (Å²) in [5.74, 6) is 1.14. The van der Waals surface area contributed by atoms with Crippen LogP contribution in [0, 0.1) is 20.8 Å². The van der Waals surface area contributed by atoms with E-state index < -0.39 is 0 Å². The second-order valence-electron chi connectivity index (χ2n) is 5.05. The minimum atomic E-state index is 0.556. The van der Waals surface area contributed by atoms with Crippen molar-refractivity contribution >= 4 is 0 Å². The van der Waals surface area contributed by atoms with Gasteiger partial charge in [-0.3, -0.25) is 0 Å². The zero-order valence-electron chi connectivity index (χ0n) is 11.8. The average molecular weight is 264 g/mol. The molecule has 3 heteroatoms. The molecule has 100 valence electrons. The summed E-state index contributed by atoms with van der Waals surface area (Å²) in [4.78, 5) is 0. The monoisotopic (exact) mass is 264 g/mol. The SMILES string of the molecule is Cc1cc(C)c(-c2nnc(-c3ccccc3)o2)c(C)c1. The van der Waals surface area contributed by atoms with E-state index in [4.69, 9.17) is 4.42 Å². The van der Waals surface area contributed by atoms with Crippen molar-refractivity contribution < 1.29 is 4.42 Å². The number of rotatable bonds is 2. The molecule has 0 saturated heterocycles. The van der Waals surface area contributed by atoms with Gasteiger partial charge in [-0.05, 0) is 44.0 Å². The molecule has 0 radical (unpaired) electrons. The zero-order chi connectivity index (χ0) is 14.1. The lowest BCUT2D eigenvalue weighted by atomic mass is 10.00. The van der Waals surface area contributed by atoms with E-state index in [9.17, 15) is 0 Å². The van der Waals surface area contributed by atoms with Crippen molar-refractivity contribution in [3.63, 3.8) is 0 Å². The summed E-state index contributed by atoms with van der Waals surface area (Å²) in [6.45, 7) is 6.23. The molecule has 0 fully saturated rings. The van der Waals surface area contributed by atoms with Crippen LogP contribution in [0.2, 0.25) is 0 Å². The van der Waals surface area contributed by atoms with Gasteiger partial charge >= 0.3 is 0 Å². The quantitative estimate of drug-likeness (QED) is 0.691. The predicted molar refractivity (Wildman–Crippen MR) is 79.4 cm³/mol. The van der Waals surface area contributed by atoms with Crippen molar-refractivity contribution in [2.24, 2.45) is 0 Å². The van der Waals surface area contributed by atoms with Gasteiger partial charge in [-0.15, -0.1) is 10.2 Å². The number of nitrogens with zero attached hydrogens (tertiary/aromatic N) is 2. The molecule has 0 spiro atoms. The summed E-state index contributed by atoms with van der Waals surface area (Å²) in [6.07, 6.45) is 0. The molecule has 0 bridgehead atoms. The first-order chi connectivity index (χ1) is 9.65. The summed E-state index contributed by atoms with van der Waals surface area (Å²) >= 11 is 0. The molecule has 0 aliphatic carbocycles. The van der Waals surface area contributed by atoms with E-state index in [0.29, 0.717) is 11.8 Å². The molecule has 0 unspecified atom stereocenters. The first-order valence-electron chi connectivity index (χ1n) is 6.62. The smallest absolute Gasteiger partial charge is 0.248 e. The Labute approximate surface area is 118 Å². The van der Waals surface area contributed by atoms with E-state index >= 15 is 0 Å². The molecule has 0 saturated carbocycles. The van der Waals surface area contributed by atoms with Gasteiger partial charge in [-0.2, -0.15) is 0 Å². The number of benzene rings is 2. The van der Waals surface area contributed by atoms with Crippen LogP contribution < -0.4 is 0 Å². The number of aryl methyl sites for hydroxylation is 3. The number of aromatic nitrogens is 2. The van der Waals surface area contributed by atoms with Gasteiger partial charge in [0.05, 0.1) is 0 Å². The highest BCUT2D eigenvalue weighted by Crippen LogP contribution is 2.29. The van der Waals surface area contributed by atoms with E-state index in [0.717, 1.165) is 22.3 Å². The highest BCUT2D eigenvalue weighted by atomic mass is 16.4. The standard InChI is InChI=1S/C17H16N2O/c1-11-9-12(2)15(13(3)10-11)17-19-18-16(20-17)14-7-5-4-6-8-14/h4-10H,1-3H3. The Kier molecular flexibility index (Phi) is 3.11. The van der Waals surface area contributed by atoms with Gasteiger partial charge in [0, 0.05) is 11.1 Å². The van der Waals surface area contributed by atoms with Gasteiger partial charge in [0.15, 0.2) is 0 Å². The molecule has 3 aromatic rings. The van der Waals surface area contributed by atoms with Crippen LogP contribution in [0.5, 0.6) is 0 Å². The molecule has 0 atom stereocenters. The molecule has 20 heavy (non-hydrogen) atoms. The lowest BCUT2D eigenvalue weighted by Crippen LogP contribution is -1.90. The van der Waals surface area contributed by atoms with Gasteiger partial charge in [-0.25, -0.2) is 0 Å². The van der Waals surface area contributed by atoms with Crippen LogP contribution in [0.4, 0.5) is 0 Å². The summed E-state index contributed by atoms with van der Waals surface area (Å²) in [5, 5.41) is 8.35. The molecule has 0 N–H and O–H groups in total. The molecule has 3 rings (SSSR count). The second-order valence-corrected chi connectivity index (χ2v) is 5.05. The Morgan fingerprint density at radius 1 is 0.800 bits per heavy atom. The maximum atomic E-state index is 5.84. The average Bonchev–Trinajstić information content (AvgIpc) is 2.88. The molecule has 3 nitrogen and oxygen atoms in total. The molecular formula is C17H16N2O. The second kappa shape index (κ2) is 4.93. The summed E-state index contributed by atoms with van der Waals surface area (Å²) in [6, 6.07) is 14.1. The van der Waals surface area contributed by atoms with Crippen LogP contribution in [-0.2, 0) is 0 Å². The van der Waals surface area contributed by atoms with E-state index in [2.05, 4.69) is 43.1 Å². The Morgan fingerprint density at radius 3 is 2.05 bits per heavy atom. The largest absolute Gasteiger partial charge is 0.416 e. The predicted octanol–water partition coefficient (Wildman–Crippen LogP) is 4.33. The van der Waals surface area contributed by atoms with Gasteiger partial charge in [0.2, 0.25) is 11.8 Å². The molecule has 0 aliphatic rings. The van der Waals surface area contributed by atoms with E-state index in [1.165, 1.54) is 5.56 Å². The van der Waals surface area contributed by atoms with Crippen LogP contribution in [0.15, 0.2) is 46.9 Å². The van der Waals surface area contributed by atoms with Crippen molar-refractivity contribution in [3.8, 4) is 22.9 Å². The molecule has 0 amide bonds. The van der Waals surface area contributed by atoms with Crippen molar-refractivity contribution in [1.82, 2.24) is 10.2 Å². The van der Waals surface area contributed by atoms with Gasteiger partial charge in [0.25, 0.3) is 0 Å². The molecule has 1 aromatic heterocycles. The fourth-order valence-electron chi connectivity index (χ4n) is 2.54. The first kappa shape index (κ1) is 12.6. The van der Waals surface area contributed by atoms with Crippen LogP contribution in [0.3, 0.4) is 0 Å². The van der Waals surface area contributed by atoms with Gasteiger partial charge < -0.3 is 4.42 Å². The van der Waals surface area contributed by atoms with E-state index in [-0.39, 0.29) is 0 Å². The third kappa shape index (κ3) is 2.23. The Hall–Kier alpha value is -2.42. The van der Waals surface area contributed by atoms with Crippen molar-refractivity contribution in [3.05, 3.63) is 59.2 Å². The minimum Gasteiger partial charge on any atom is -0.416 e. The van der Waals surface area contributed by atoms with Crippen LogP contribution in [-0.4, -0.2) is 10.2 Å². The fourth-order valence-corrected chi connectivity index (χ4v) is 2.54. The lowest BCUT2D eigenvalue weighted by Gasteiger charge is -2.06. The van der Waals surface area contributed by atoms with Crippen molar-refractivity contribution in [2.75, 3.05) is 0 Å². The molecule has 0 aliphatic heterocycles. The zero-order valence-corrected chi connectivity index (χ0v) is 11.8. The van der Waals surface area contributed by atoms with Gasteiger partial charge in [0.1, 0.15) is 0 Å². The summed E-state index contributed by atoms with van der Waals surface area (Å²) in [7, 11) is 0. The van der Waals surface area contributed by atoms with Gasteiger partial charge in [-0.1, -0.05) is 35.9 Å². The highest BCUT2D eigenvalue weighted by Gasteiger charge is 2.14. The van der Waals surface area contributed by atoms with E-state index in [1.807, 2.05) is 30.3 Å². The topological polar surface area (TPSA) is 38.9 Å². The molecule has 2 aromatic carbocycles. The molecular weight excluding hydrogens is 248 g/mol. The van der Waals surface area contributed by atoms with Crippen LogP contribution in [0.1, 0.15) is 16.7 Å². The fraction of sp³-hybridized carbons (Fsp3) is 0.176. The normalized spacial score (nSPS) is 10.8. The van der Waals surface area contributed by atoms with Crippen LogP contribution >= 0.6 is 0 Å². The van der Waals surface area contributed by atoms with Crippen molar-refractivity contribution in [1.29, 1.82) is 0 Å². The maximum absolute atomic E-state index is 5.84. The van der Waals surface area contributed by atoms with E-state index in [1.54, 1.807) is 0 Å². The van der Waals surface area contributed by atoms with Crippen molar-refractivity contribution in [2.45, 2.75) is 20.8 Å². The Bertz CT molecular complexity index is 722. The number of hydrogen-bond donors (Lipinski definition) is 0. The summed E-state index contributed by atoms with van der Waals surface area (Å²) in [5.41, 5.74) is 5.53. The number of hydrogen-bond acceptors (Lipinski definition) is 3. The Morgan fingerprint density at radius 2 is 1.40 bits per heavy atom. The van der Waals surface area contributed by atoms with Crippen LogP contribution in [0.25, 0.3) is 22.9 Å². The minimum absolute atomic E-state index is 0.556. The first-order valence-corrected chi connectivity index (χ1v) is 6.62. The maximum Gasteiger partial charge on any atom is 0.248 e. The summed E-state index contributed by atoms with van der Waals surface area (Å²) < 4.78 is 5.84. The third-order valence-electron chi connectivity index (χ3n) is 3.34. The highest BCUT2D eigenvalue weighted by molar-refractivity contribution is 5.65. The Balaban J connectivity index is 2.07. The lowest BCUT2D eigenvalue weighted by molar-refractivity contribution is 0.583.